The molecule has 4 heteroatoms. The van der Waals surface area contributed by atoms with E-state index >= 15 is 0 Å². The van der Waals surface area contributed by atoms with E-state index in [9.17, 15) is 9.18 Å². The quantitative estimate of drug-likeness (QED) is 0.801. The minimum absolute atomic E-state index is 0.336. The summed E-state index contributed by atoms with van der Waals surface area (Å²) in [4.78, 5) is 14.6. The second kappa shape index (κ2) is 6.56. The third-order valence-electron chi connectivity index (χ3n) is 4.74. The molecule has 2 fully saturated rings. The Balaban J connectivity index is 1.56. The maximum absolute atomic E-state index is 12.9. The molecular weight excluding hydrogens is 269 g/mol. The van der Waals surface area contributed by atoms with Crippen LogP contribution in [-0.2, 0) is 4.74 Å². The van der Waals surface area contributed by atoms with Crippen LogP contribution in [0.4, 0.5) is 4.39 Å². The van der Waals surface area contributed by atoms with Crippen LogP contribution in [0.5, 0.6) is 0 Å². The fraction of sp³-hybridized carbons (Fsp3) is 0.588. The first-order valence-corrected chi connectivity index (χ1v) is 7.91. The normalized spacial score (nSPS) is 26.1. The zero-order valence-corrected chi connectivity index (χ0v) is 12.3. The van der Waals surface area contributed by atoms with E-state index < -0.39 is 0 Å². The van der Waals surface area contributed by atoms with Crippen LogP contribution < -0.4 is 0 Å². The van der Waals surface area contributed by atoms with Crippen molar-refractivity contribution in [1.29, 1.82) is 0 Å². The van der Waals surface area contributed by atoms with Gasteiger partial charge in [0.25, 0.3) is 0 Å². The standard InChI is InChI=1S/C17H22FNO2/c18-15-8-6-13(7-9-15)17(20)21-12-14-4-3-11-19-10-2-1-5-16(14)19/h6-9,14,16H,1-5,10-12H2/t14-,16+/m1/s1. The van der Waals surface area contributed by atoms with Gasteiger partial charge in [-0.05, 0) is 63.0 Å². The number of halogens is 1. The minimum atomic E-state index is -0.345. The molecule has 0 aliphatic carbocycles. The number of rotatable bonds is 3. The minimum Gasteiger partial charge on any atom is -0.462 e. The van der Waals surface area contributed by atoms with E-state index in [0.717, 1.165) is 6.42 Å². The lowest BCUT2D eigenvalue weighted by molar-refractivity contribution is 0.00738. The van der Waals surface area contributed by atoms with E-state index in [-0.39, 0.29) is 11.8 Å². The predicted octanol–water partition coefficient (Wildman–Crippen LogP) is 3.25. The van der Waals surface area contributed by atoms with Gasteiger partial charge in [0.15, 0.2) is 0 Å². The summed E-state index contributed by atoms with van der Waals surface area (Å²) in [6.07, 6.45) is 6.12. The Labute approximate surface area is 125 Å². The van der Waals surface area contributed by atoms with Gasteiger partial charge < -0.3 is 4.74 Å². The molecule has 0 amide bonds. The van der Waals surface area contributed by atoms with E-state index in [2.05, 4.69) is 4.90 Å². The summed E-state index contributed by atoms with van der Waals surface area (Å²) < 4.78 is 18.3. The first-order chi connectivity index (χ1) is 10.2. The van der Waals surface area contributed by atoms with Crippen molar-refractivity contribution in [3.63, 3.8) is 0 Å². The van der Waals surface area contributed by atoms with E-state index in [1.54, 1.807) is 0 Å². The highest BCUT2D eigenvalue weighted by Gasteiger charge is 2.33. The molecule has 114 valence electrons. The predicted molar refractivity (Wildman–Crippen MR) is 78.6 cm³/mol. The molecule has 0 radical (unpaired) electrons. The average Bonchev–Trinajstić information content (AvgIpc) is 2.53. The average molecular weight is 291 g/mol. The van der Waals surface area contributed by atoms with E-state index in [1.807, 2.05) is 0 Å². The molecule has 0 saturated carbocycles. The summed E-state index contributed by atoms with van der Waals surface area (Å²) in [5, 5.41) is 0. The van der Waals surface area contributed by atoms with Crippen molar-refractivity contribution in [2.75, 3.05) is 19.7 Å². The van der Waals surface area contributed by atoms with Crippen LogP contribution in [0.2, 0.25) is 0 Å². The molecule has 2 aliphatic heterocycles. The lowest BCUT2D eigenvalue weighted by Crippen LogP contribution is -2.49. The molecular formula is C17H22FNO2. The van der Waals surface area contributed by atoms with Crippen LogP contribution in [-0.4, -0.2) is 36.6 Å². The van der Waals surface area contributed by atoms with Crippen molar-refractivity contribution >= 4 is 5.97 Å². The van der Waals surface area contributed by atoms with Gasteiger partial charge in [0.05, 0.1) is 12.2 Å². The van der Waals surface area contributed by atoms with Crippen molar-refractivity contribution < 1.29 is 13.9 Å². The van der Waals surface area contributed by atoms with E-state index in [1.165, 1.54) is 63.0 Å². The number of ether oxygens (including phenoxy) is 1. The van der Waals surface area contributed by atoms with Crippen LogP contribution in [0, 0.1) is 11.7 Å². The molecule has 2 saturated heterocycles. The van der Waals surface area contributed by atoms with Gasteiger partial charge in [0.1, 0.15) is 5.82 Å². The van der Waals surface area contributed by atoms with Crippen LogP contribution in [0.15, 0.2) is 24.3 Å². The number of fused-ring (bicyclic) bond motifs is 1. The zero-order chi connectivity index (χ0) is 14.7. The summed E-state index contributed by atoms with van der Waals surface area (Å²) in [6, 6.07) is 6.12. The maximum Gasteiger partial charge on any atom is 0.338 e. The van der Waals surface area contributed by atoms with Gasteiger partial charge in [0.2, 0.25) is 0 Å². The third-order valence-corrected chi connectivity index (χ3v) is 4.74. The van der Waals surface area contributed by atoms with Crippen LogP contribution in [0.25, 0.3) is 0 Å². The SMILES string of the molecule is O=C(OC[C@H]1CCCN2CCCC[C@@H]12)c1ccc(F)cc1. The molecule has 1 aromatic rings. The number of benzene rings is 1. The highest BCUT2D eigenvalue weighted by Crippen LogP contribution is 2.31. The maximum atomic E-state index is 12.9. The molecule has 0 bridgehead atoms. The third kappa shape index (κ3) is 3.43. The number of carbonyl (C=O) groups is 1. The Morgan fingerprint density at radius 1 is 1.14 bits per heavy atom. The van der Waals surface area contributed by atoms with Gasteiger partial charge in [0, 0.05) is 12.0 Å². The van der Waals surface area contributed by atoms with E-state index in [4.69, 9.17) is 4.74 Å². The first kappa shape index (κ1) is 14.5. The number of nitrogens with zero attached hydrogens (tertiary/aromatic N) is 1. The number of hydrogen-bond acceptors (Lipinski definition) is 3. The fourth-order valence-electron chi connectivity index (χ4n) is 3.62. The molecule has 2 atom stereocenters. The summed E-state index contributed by atoms with van der Waals surface area (Å²) in [7, 11) is 0. The summed E-state index contributed by atoms with van der Waals surface area (Å²) >= 11 is 0. The Morgan fingerprint density at radius 2 is 1.90 bits per heavy atom. The van der Waals surface area contributed by atoms with Gasteiger partial charge in [-0.25, -0.2) is 9.18 Å². The van der Waals surface area contributed by atoms with Crippen LogP contribution in [0.1, 0.15) is 42.5 Å². The van der Waals surface area contributed by atoms with Crippen molar-refractivity contribution in [2.24, 2.45) is 5.92 Å². The largest absolute Gasteiger partial charge is 0.462 e. The zero-order valence-electron chi connectivity index (χ0n) is 12.3. The number of piperidine rings is 2. The lowest BCUT2D eigenvalue weighted by Gasteiger charge is -2.44. The topological polar surface area (TPSA) is 29.5 Å². The Kier molecular flexibility index (Phi) is 4.54. The Bertz CT molecular complexity index is 486. The Morgan fingerprint density at radius 3 is 2.71 bits per heavy atom. The van der Waals surface area contributed by atoms with Crippen molar-refractivity contribution in [3.8, 4) is 0 Å². The lowest BCUT2D eigenvalue weighted by atomic mass is 9.84. The second-order valence-electron chi connectivity index (χ2n) is 6.11. The molecule has 0 spiro atoms. The smallest absolute Gasteiger partial charge is 0.338 e. The monoisotopic (exact) mass is 291 g/mol. The molecule has 21 heavy (non-hydrogen) atoms. The fourth-order valence-corrected chi connectivity index (χ4v) is 3.62. The van der Waals surface area contributed by atoms with Crippen molar-refractivity contribution in [1.82, 2.24) is 4.90 Å². The summed E-state index contributed by atoms with van der Waals surface area (Å²) in [5.74, 6) is -0.233. The first-order valence-electron chi connectivity index (χ1n) is 7.91. The summed E-state index contributed by atoms with van der Waals surface area (Å²) in [6.45, 7) is 2.86. The molecule has 0 unspecified atom stereocenters. The molecule has 2 aliphatic rings. The molecule has 3 nitrogen and oxygen atoms in total. The van der Waals surface area contributed by atoms with Crippen molar-refractivity contribution in [2.45, 2.75) is 38.1 Å². The highest BCUT2D eigenvalue weighted by atomic mass is 19.1. The number of carbonyl (C=O) groups excluding carboxylic acids is 1. The highest BCUT2D eigenvalue weighted by molar-refractivity contribution is 5.89. The molecule has 2 heterocycles. The van der Waals surface area contributed by atoms with E-state index in [0.29, 0.717) is 24.1 Å². The number of esters is 1. The molecule has 0 aromatic heterocycles. The van der Waals surface area contributed by atoms with Gasteiger partial charge in [-0.3, -0.25) is 4.90 Å². The van der Waals surface area contributed by atoms with Gasteiger partial charge >= 0.3 is 5.97 Å². The number of hydrogen-bond donors (Lipinski definition) is 0. The van der Waals surface area contributed by atoms with Crippen LogP contribution >= 0.6 is 0 Å². The molecule has 0 N–H and O–H groups in total. The van der Waals surface area contributed by atoms with Gasteiger partial charge in [-0.2, -0.15) is 0 Å². The Hall–Kier alpha value is -1.42. The van der Waals surface area contributed by atoms with Crippen LogP contribution in [0.3, 0.4) is 0 Å². The summed E-state index contributed by atoms with van der Waals surface area (Å²) in [5.41, 5.74) is 0.424. The van der Waals surface area contributed by atoms with Gasteiger partial charge in [-0.1, -0.05) is 6.42 Å². The molecule has 1 aromatic carbocycles. The van der Waals surface area contributed by atoms with Crippen molar-refractivity contribution in [3.05, 3.63) is 35.6 Å². The second-order valence-corrected chi connectivity index (χ2v) is 6.11. The van der Waals surface area contributed by atoms with Gasteiger partial charge in [-0.15, -0.1) is 0 Å². The molecule has 3 rings (SSSR count).